The Morgan fingerprint density at radius 3 is 2.52 bits per heavy atom. The Kier molecular flexibility index (Phi) is 4.79. The minimum absolute atomic E-state index is 0.0331. The van der Waals surface area contributed by atoms with Crippen molar-refractivity contribution in [2.75, 3.05) is 29.9 Å². The average Bonchev–Trinajstić information content (AvgIpc) is 2.77. The Hall–Kier alpha value is -1.26. The van der Waals surface area contributed by atoms with Crippen LogP contribution in [0.15, 0.2) is 17.3 Å². The van der Waals surface area contributed by atoms with Gasteiger partial charge < -0.3 is 5.32 Å². The molecule has 1 aromatic rings. The zero-order chi connectivity index (χ0) is 15.5. The van der Waals surface area contributed by atoms with Crippen LogP contribution in [0.3, 0.4) is 0 Å². The van der Waals surface area contributed by atoms with Crippen molar-refractivity contribution < 1.29 is 16.8 Å². The molecule has 1 aromatic heterocycles. The van der Waals surface area contributed by atoms with Gasteiger partial charge in [0.15, 0.2) is 9.84 Å². The second-order valence-electron chi connectivity index (χ2n) is 4.89. The molecular weight excluding hydrogens is 316 g/mol. The van der Waals surface area contributed by atoms with Gasteiger partial charge in [0.1, 0.15) is 4.90 Å². The average molecular weight is 334 g/mol. The van der Waals surface area contributed by atoms with E-state index in [0.29, 0.717) is 18.9 Å². The number of anilines is 1. The maximum atomic E-state index is 12.1. The molecule has 8 nitrogen and oxygen atoms in total. The lowest BCUT2D eigenvalue weighted by Crippen LogP contribution is -2.30. The number of nitrogens with one attached hydrogen (secondary N) is 2. The van der Waals surface area contributed by atoms with Gasteiger partial charge in [-0.15, -0.1) is 0 Å². The Balaban J connectivity index is 1.98. The molecule has 1 unspecified atom stereocenters. The number of sulfone groups is 1. The molecule has 2 rings (SSSR count). The molecule has 118 valence electrons. The van der Waals surface area contributed by atoms with Crippen molar-refractivity contribution >= 4 is 25.8 Å². The Bertz CT molecular complexity index is 685. The second-order valence-corrected chi connectivity index (χ2v) is 8.89. The van der Waals surface area contributed by atoms with Gasteiger partial charge in [0.2, 0.25) is 16.0 Å². The van der Waals surface area contributed by atoms with Crippen LogP contribution in [0.1, 0.15) is 13.3 Å². The number of hydrogen-bond acceptors (Lipinski definition) is 7. The van der Waals surface area contributed by atoms with Crippen molar-refractivity contribution in [2.24, 2.45) is 5.92 Å². The summed E-state index contributed by atoms with van der Waals surface area (Å²) in [6.07, 6.45) is 2.93. The molecule has 0 bridgehead atoms. The summed E-state index contributed by atoms with van der Waals surface area (Å²) in [5, 5.41) is 2.87. The van der Waals surface area contributed by atoms with Gasteiger partial charge in [0, 0.05) is 13.1 Å². The van der Waals surface area contributed by atoms with E-state index in [0.717, 1.165) is 0 Å². The molecule has 21 heavy (non-hydrogen) atoms. The summed E-state index contributed by atoms with van der Waals surface area (Å²) >= 11 is 0. The lowest BCUT2D eigenvalue weighted by atomic mass is 10.1. The van der Waals surface area contributed by atoms with Crippen molar-refractivity contribution in [3.05, 3.63) is 12.4 Å². The first-order valence-corrected chi connectivity index (χ1v) is 9.89. The molecule has 0 aliphatic carbocycles. The highest BCUT2D eigenvalue weighted by Gasteiger charge is 2.29. The number of aromatic nitrogens is 2. The molecule has 0 radical (unpaired) electrons. The molecule has 0 saturated carbocycles. The summed E-state index contributed by atoms with van der Waals surface area (Å²) < 4.78 is 49.2. The largest absolute Gasteiger partial charge is 0.355 e. The van der Waals surface area contributed by atoms with Crippen molar-refractivity contribution in [2.45, 2.75) is 18.2 Å². The topological polar surface area (TPSA) is 118 Å². The van der Waals surface area contributed by atoms with E-state index in [1.54, 1.807) is 0 Å². The Morgan fingerprint density at radius 1 is 1.33 bits per heavy atom. The van der Waals surface area contributed by atoms with Gasteiger partial charge in [-0.3, -0.25) is 0 Å². The van der Waals surface area contributed by atoms with E-state index in [1.807, 2.05) is 6.92 Å². The highest BCUT2D eigenvalue weighted by molar-refractivity contribution is 7.91. The van der Waals surface area contributed by atoms with Crippen molar-refractivity contribution in [1.29, 1.82) is 0 Å². The fourth-order valence-electron chi connectivity index (χ4n) is 2.05. The Morgan fingerprint density at radius 2 is 2.00 bits per heavy atom. The molecule has 1 aliphatic rings. The maximum Gasteiger partial charge on any atom is 0.243 e. The fraction of sp³-hybridized carbons (Fsp3) is 0.636. The van der Waals surface area contributed by atoms with E-state index >= 15 is 0 Å². The van der Waals surface area contributed by atoms with Crippen LogP contribution in [0.2, 0.25) is 0 Å². The van der Waals surface area contributed by atoms with Crippen LogP contribution in [0.5, 0.6) is 0 Å². The number of hydrogen-bond donors (Lipinski definition) is 2. The summed E-state index contributed by atoms with van der Waals surface area (Å²) in [6, 6.07) is 0. The van der Waals surface area contributed by atoms with Gasteiger partial charge in [0.05, 0.1) is 23.9 Å². The summed E-state index contributed by atoms with van der Waals surface area (Å²) in [5.41, 5.74) is 0. The third-order valence-corrected chi connectivity index (χ3v) is 6.38. The van der Waals surface area contributed by atoms with Crippen LogP contribution < -0.4 is 10.0 Å². The molecule has 1 saturated heterocycles. The standard InChI is InChI=1S/C11H18N4O4S2/c1-2-12-11-13-6-10(7-14-11)21(18,19)15-5-9-3-4-20(16,17)8-9/h6-7,9,15H,2-5,8H2,1H3,(H,12,13,14). The van der Waals surface area contributed by atoms with E-state index in [9.17, 15) is 16.8 Å². The lowest BCUT2D eigenvalue weighted by Gasteiger charge is -2.10. The summed E-state index contributed by atoms with van der Waals surface area (Å²) in [7, 11) is -6.72. The summed E-state index contributed by atoms with van der Waals surface area (Å²) in [4.78, 5) is 7.76. The van der Waals surface area contributed by atoms with Crippen molar-refractivity contribution in [3.8, 4) is 0 Å². The van der Waals surface area contributed by atoms with Gasteiger partial charge in [-0.25, -0.2) is 31.5 Å². The monoisotopic (exact) mass is 334 g/mol. The molecule has 1 aliphatic heterocycles. The predicted molar refractivity (Wildman–Crippen MR) is 78.1 cm³/mol. The van der Waals surface area contributed by atoms with Gasteiger partial charge in [-0.2, -0.15) is 0 Å². The zero-order valence-corrected chi connectivity index (χ0v) is 13.2. The van der Waals surface area contributed by atoms with Crippen LogP contribution in [-0.2, 0) is 19.9 Å². The molecule has 2 N–H and O–H groups in total. The Labute approximate surface area is 124 Å². The van der Waals surface area contributed by atoms with Crippen molar-refractivity contribution in [1.82, 2.24) is 14.7 Å². The summed E-state index contributed by atoms with van der Waals surface area (Å²) in [5.74, 6) is 0.343. The van der Waals surface area contributed by atoms with Crippen LogP contribution in [0.25, 0.3) is 0 Å². The number of sulfonamides is 1. The highest BCUT2D eigenvalue weighted by atomic mass is 32.2. The molecule has 2 heterocycles. The van der Waals surface area contributed by atoms with E-state index < -0.39 is 19.9 Å². The van der Waals surface area contributed by atoms with Gasteiger partial charge in [0.25, 0.3) is 0 Å². The van der Waals surface area contributed by atoms with Crippen LogP contribution >= 0.6 is 0 Å². The minimum atomic E-state index is -3.71. The third-order valence-electron chi connectivity index (χ3n) is 3.16. The van der Waals surface area contributed by atoms with E-state index in [4.69, 9.17) is 0 Å². The molecule has 1 fully saturated rings. The van der Waals surface area contributed by atoms with E-state index in [2.05, 4.69) is 20.0 Å². The molecule has 0 spiro atoms. The quantitative estimate of drug-likeness (QED) is 0.728. The van der Waals surface area contributed by atoms with E-state index in [-0.39, 0.29) is 28.9 Å². The SMILES string of the molecule is CCNc1ncc(S(=O)(=O)NCC2CCS(=O)(=O)C2)cn1. The van der Waals surface area contributed by atoms with E-state index in [1.165, 1.54) is 12.4 Å². The molecule has 10 heteroatoms. The molecular formula is C11H18N4O4S2. The normalized spacial score (nSPS) is 21.3. The minimum Gasteiger partial charge on any atom is -0.355 e. The predicted octanol–water partition coefficient (Wildman–Crippen LogP) is -0.379. The first-order chi connectivity index (χ1) is 9.82. The molecule has 1 atom stereocenters. The van der Waals surface area contributed by atoms with Gasteiger partial charge in [-0.1, -0.05) is 0 Å². The number of rotatable bonds is 6. The lowest BCUT2D eigenvalue weighted by molar-refractivity contribution is 0.542. The zero-order valence-electron chi connectivity index (χ0n) is 11.6. The van der Waals surface area contributed by atoms with Crippen LogP contribution in [0, 0.1) is 5.92 Å². The fourth-order valence-corrected chi connectivity index (χ4v) is 4.91. The maximum absolute atomic E-state index is 12.1. The van der Waals surface area contributed by atoms with Crippen LogP contribution in [0.4, 0.5) is 5.95 Å². The summed E-state index contributed by atoms with van der Waals surface area (Å²) in [6.45, 7) is 2.63. The molecule has 0 amide bonds. The highest BCUT2D eigenvalue weighted by Crippen LogP contribution is 2.18. The van der Waals surface area contributed by atoms with Gasteiger partial charge >= 0.3 is 0 Å². The molecule has 0 aromatic carbocycles. The smallest absolute Gasteiger partial charge is 0.243 e. The van der Waals surface area contributed by atoms with Crippen molar-refractivity contribution in [3.63, 3.8) is 0 Å². The van der Waals surface area contributed by atoms with Crippen LogP contribution in [-0.4, -0.2) is 51.4 Å². The second kappa shape index (κ2) is 6.24. The third kappa shape index (κ3) is 4.35. The first kappa shape index (κ1) is 16.1. The van der Waals surface area contributed by atoms with Gasteiger partial charge in [-0.05, 0) is 19.3 Å². The first-order valence-electron chi connectivity index (χ1n) is 6.58. The number of nitrogens with zero attached hydrogens (tertiary/aromatic N) is 2.